The van der Waals surface area contributed by atoms with Gasteiger partial charge in [-0.1, -0.05) is 35.6 Å². The van der Waals surface area contributed by atoms with E-state index < -0.39 is 0 Å². The number of carbonyl (C=O) groups is 2. The van der Waals surface area contributed by atoms with Crippen molar-refractivity contribution in [2.45, 2.75) is 0 Å². The molecule has 0 aromatic heterocycles. The van der Waals surface area contributed by atoms with E-state index in [4.69, 9.17) is 23.8 Å². The number of amides is 2. The number of rotatable bonds is 2. The first-order valence-corrected chi connectivity index (χ1v) is 6.41. The van der Waals surface area contributed by atoms with Crippen LogP contribution in [0.5, 0.6) is 0 Å². The van der Waals surface area contributed by atoms with Crippen molar-refractivity contribution >= 4 is 51.7 Å². The number of hydrogen-bond acceptors (Lipinski definition) is 4. The molecule has 1 aliphatic rings. The molecule has 4 nitrogen and oxygen atoms in total. The zero-order valence-corrected chi connectivity index (χ0v) is 10.9. The molecule has 0 saturated carbocycles. The Labute approximate surface area is 112 Å². The highest BCUT2D eigenvalue weighted by Crippen LogP contribution is 2.17. The largest absolute Gasteiger partial charge is 0.272 e. The fraction of sp³-hybridized carbons (Fsp3) is 0.100. The Balaban J connectivity index is 2.09. The van der Waals surface area contributed by atoms with Crippen LogP contribution >= 0.6 is 35.6 Å². The smallest absolute Gasteiger partial charge is 0.270 e. The topological polar surface area (TPSA) is 49.4 Å². The first-order chi connectivity index (χ1) is 8.08. The fourth-order valence-electron chi connectivity index (χ4n) is 1.23. The standard InChI is InChI=1S/C10H7ClN2O2S2/c11-7-3-1-6(2-4-7)9(15)12-13-8(14)5-17-10(13)16/h1-4H,5H2,(H,12,15). The highest BCUT2D eigenvalue weighted by atomic mass is 35.5. The second-order valence-electron chi connectivity index (χ2n) is 3.23. The van der Waals surface area contributed by atoms with Gasteiger partial charge in [0.1, 0.15) is 0 Å². The van der Waals surface area contributed by atoms with Crippen molar-refractivity contribution in [1.29, 1.82) is 0 Å². The molecule has 1 aromatic carbocycles. The van der Waals surface area contributed by atoms with Crippen LogP contribution in [-0.2, 0) is 4.79 Å². The van der Waals surface area contributed by atoms with Gasteiger partial charge in [-0.15, -0.1) is 0 Å². The minimum Gasteiger partial charge on any atom is -0.272 e. The van der Waals surface area contributed by atoms with E-state index in [1.807, 2.05) is 0 Å². The van der Waals surface area contributed by atoms with Gasteiger partial charge in [0.05, 0.1) is 5.75 Å². The third-order valence-electron chi connectivity index (χ3n) is 2.07. The van der Waals surface area contributed by atoms with E-state index in [9.17, 15) is 9.59 Å². The van der Waals surface area contributed by atoms with Crippen LogP contribution in [0.4, 0.5) is 0 Å². The van der Waals surface area contributed by atoms with Gasteiger partial charge >= 0.3 is 0 Å². The fourth-order valence-corrected chi connectivity index (χ4v) is 2.33. The van der Waals surface area contributed by atoms with Crippen LogP contribution in [0.3, 0.4) is 0 Å². The van der Waals surface area contributed by atoms with Crippen molar-refractivity contribution in [2.24, 2.45) is 0 Å². The highest BCUT2D eigenvalue weighted by Gasteiger charge is 2.28. The number of benzene rings is 1. The summed E-state index contributed by atoms with van der Waals surface area (Å²) in [5.74, 6) is -0.345. The third kappa shape index (κ3) is 2.77. The number of nitrogens with one attached hydrogen (secondary N) is 1. The molecular formula is C10H7ClN2O2S2. The Kier molecular flexibility index (Phi) is 3.66. The molecule has 0 radical (unpaired) electrons. The third-order valence-corrected chi connectivity index (χ3v) is 3.68. The molecule has 2 rings (SSSR count). The number of thiocarbonyl (C=S) groups is 1. The SMILES string of the molecule is O=C(NN1C(=O)CSC1=S)c1ccc(Cl)cc1. The lowest BCUT2D eigenvalue weighted by Crippen LogP contribution is -2.45. The molecule has 0 unspecified atom stereocenters. The molecule has 88 valence electrons. The summed E-state index contributed by atoms with van der Waals surface area (Å²) in [6, 6.07) is 6.37. The Morgan fingerprint density at radius 1 is 1.41 bits per heavy atom. The van der Waals surface area contributed by atoms with Gasteiger partial charge in [0, 0.05) is 10.6 Å². The average Bonchev–Trinajstić information content (AvgIpc) is 2.61. The quantitative estimate of drug-likeness (QED) is 0.843. The zero-order chi connectivity index (χ0) is 12.4. The minimum absolute atomic E-state index is 0.220. The molecule has 1 saturated heterocycles. The van der Waals surface area contributed by atoms with Gasteiger partial charge in [-0.25, -0.2) is 5.01 Å². The summed E-state index contributed by atoms with van der Waals surface area (Å²) < 4.78 is 0.359. The maximum atomic E-state index is 11.8. The normalized spacial score (nSPS) is 15.2. The molecule has 1 N–H and O–H groups in total. The predicted octanol–water partition coefficient (Wildman–Crippen LogP) is 1.85. The van der Waals surface area contributed by atoms with Gasteiger partial charge in [-0.2, -0.15) is 0 Å². The number of thioether (sulfide) groups is 1. The molecule has 2 amide bonds. The molecule has 1 fully saturated rings. The summed E-state index contributed by atoms with van der Waals surface area (Å²) in [5.41, 5.74) is 2.87. The summed E-state index contributed by atoms with van der Waals surface area (Å²) in [4.78, 5) is 23.2. The van der Waals surface area contributed by atoms with Crippen LogP contribution in [0.25, 0.3) is 0 Å². The van der Waals surface area contributed by atoms with Crippen molar-refractivity contribution < 1.29 is 9.59 Å². The monoisotopic (exact) mass is 286 g/mol. The van der Waals surface area contributed by atoms with Gasteiger partial charge in [-0.05, 0) is 24.3 Å². The van der Waals surface area contributed by atoms with E-state index in [1.54, 1.807) is 24.3 Å². The van der Waals surface area contributed by atoms with E-state index in [-0.39, 0.29) is 17.6 Å². The van der Waals surface area contributed by atoms with Gasteiger partial charge < -0.3 is 0 Å². The predicted molar refractivity (Wildman–Crippen MR) is 70.8 cm³/mol. The van der Waals surface area contributed by atoms with Crippen molar-refractivity contribution in [3.05, 3.63) is 34.9 Å². The molecule has 0 spiro atoms. The summed E-state index contributed by atoms with van der Waals surface area (Å²) in [7, 11) is 0. The zero-order valence-electron chi connectivity index (χ0n) is 8.47. The van der Waals surface area contributed by atoms with Crippen LogP contribution in [0.2, 0.25) is 5.02 Å². The van der Waals surface area contributed by atoms with Gasteiger partial charge in [0.25, 0.3) is 11.8 Å². The van der Waals surface area contributed by atoms with E-state index in [0.29, 0.717) is 14.9 Å². The number of hydrogen-bond donors (Lipinski definition) is 1. The molecule has 1 aromatic rings. The van der Waals surface area contributed by atoms with E-state index in [0.717, 1.165) is 5.01 Å². The first kappa shape index (κ1) is 12.3. The molecule has 1 aliphatic heterocycles. The van der Waals surface area contributed by atoms with Crippen LogP contribution in [-0.4, -0.2) is 26.9 Å². The summed E-state index contributed by atoms with van der Waals surface area (Å²) in [6.07, 6.45) is 0. The number of carbonyl (C=O) groups excluding carboxylic acids is 2. The lowest BCUT2D eigenvalue weighted by molar-refractivity contribution is -0.125. The van der Waals surface area contributed by atoms with Gasteiger partial charge in [0.2, 0.25) is 0 Å². The molecule has 0 atom stereocenters. The lowest BCUT2D eigenvalue weighted by atomic mass is 10.2. The molecular weight excluding hydrogens is 280 g/mol. The Bertz CT molecular complexity index is 474. The van der Waals surface area contributed by atoms with Crippen LogP contribution in [0, 0.1) is 0 Å². The maximum Gasteiger partial charge on any atom is 0.270 e. The van der Waals surface area contributed by atoms with Crippen molar-refractivity contribution in [3.63, 3.8) is 0 Å². The maximum absolute atomic E-state index is 11.8. The minimum atomic E-state index is -0.389. The molecule has 0 aliphatic carbocycles. The van der Waals surface area contributed by atoms with Crippen LogP contribution in [0.1, 0.15) is 10.4 Å². The van der Waals surface area contributed by atoms with Gasteiger partial charge in [-0.3, -0.25) is 15.0 Å². The first-order valence-electron chi connectivity index (χ1n) is 4.64. The molecule has 0 bridgehead atoms. The number of halogens is 1. The lowest BCUT2D eigenvalue weighted by Gasteiger charge is -2.15. The number of nitrogens with zero attached hydrogens (tertiary/aromatic N) is 1. The Hall–Kier alpha value is -1.11. The van der Waals surface area contributed by atoms with Gasteiger partial charge in [0.15, 0.2) is 4.32 Å². The van der Waals surface area contributed by atoms with E-state index in [1.165, 1.54) is 11.8 Å². The van der Waals surface area contributed by atoms with Crippen LogP contribution < -0.4 is 5.43 Å². The summed E-state index contributed by atoms with van der Waals surface area (Å²) in [5, 5.41) is 1.64. The van der Waals surface area contributed by atoms with E-state index in [2.05, 4.69) is 5.43 Å². The summed E-state index contributed by atoms with van der Waals surface area (Å²) >= 11 is 11.9. The number of hydrazine groups is 1. The second kappa shape index (κ2) is 5.03. The summed E-state index contributed by atoms with van der Waals surface area (Å²) in [6.45, 7) is 0. The molecule has 7 heteroatoms. The highest BCUT2D eigenvalue weighted by molar-refractivity contribution is 8.23. The van der Waals surface area contributed by atoms with Crippen molar-refractivity contribution in [3.8, 4) is 0 Å². The molecule has 1 heterocycles. The second-order valence-corrected chi connectivity index (χ2v) is 5.28. The Morgan fingerprint density at radius 3 is 2.59 bits per heavy atom. The Morgan fingerprint density at radius 2 is 2.06 bits per heavy atom. The molecule has 17 heavy (non-hydrogen) atoms. The average molecular weight is 287 g/mol. The van der Waals surface area contributed by atoms with Crippen molar-refractivity contribution in [1.82, 2.24) is 10.4 Å². The van der Waals surface area contributed by atoms with Crippen LogP contribution in [0.15, 0.2) is 24.3 Å². The van der Waals surface area contributed by atoms with E-state index >= 15 is 0 Å². The van der Waals surface area contributed by atoms with Crippen molar-refractivity contribution in [2.75, 3.05) is 5.75 Å².